The van der Waals surface area contributed by atoms with Crippen molar-refractivity contribution in [2.75, 3.05) is 32.8 Å². The number of H-pyrrole nitrogens is 2. The molecule has 11 heteroatoms. The molecule has 1 aliphatic rings. The summed E-state index contributed by atoms with van der Waals surface area (Å²) in [5.41, 5.74) is 1.89. The number of imidazole rings is 1. The Bertz CT molecular complexity index is 1460. The number of ether oxygens (including phenoxy) is 1. The topological polar surface area (TPSA) is 124 Å². The zero-order valence-corrected chi connectivity index (χ0v) is 19.2. The average molecular weight is 468 g/mol. The number of fused-ring (bicyclic) bond motifs is 1. The van der Waals surface area contributed by atoms with E-state index < -0.39 is 5.69 Å². The summed E-state index contributed by atoms with van der Waals surface area (Å²) in [6, 6.07) is 6.34. The third-order valence-corrected chi connectivity index (χ3v) is 6.72. The number of aromatic hydroxyl groups is 1. The minimum atomic E-state index is -0.481. The fourth-order valence-corrected chi connectivity index (χ4v) is 4.71. The zero-order valence-electron chi connectivity index (χ0n) is 18.4. The third kappa shape index (κ3) is 4.47. The van der Waals surface area contributed by atoms with Crippen molar-refractivity contribution in [3.63, 3.8) is 0 Å². The van der Waals surface area contributed by atoms with Crippen molar-refractivity contribution in [2.24, 2.45) is 4.99 Å². The smallest absolute Gasteiger partial charge is 0.326 e. The molecule has 33 heavy (non-hydrogen) atoms. The fourth-order valence-electron chi connectivity index (χ4n) is 3.88. The van der Waals surface area contributed by atoms with Gasteiger partial charge in [-0.1, -0.05) is 0 Å². The van der Waals surface area contributed by atoms with Crippen molar-refractivity contribution >= 4 is 23.1 Å². The molecule has 172 valence electrons. The summed E-state index contributed by atoms with van der Waals surface area (Å²) in [5, 5.41) is 15.1. The molecule has 3 N–H and O–H groups in total. The standard InChI is InChI=1S/C22H25N7O3S/c1-13(28-5-7-32-8-6-28)11-23-19-10-16(18-4-3-14(2)33-18)25-20-15(12-24-29(19)20)9-17-21(30)27-22(31)26-17/h3-4,9-10,12-13,30H,5-8,11H2,1-2H3,(H2,26,27,31)/b15-9-,23-19?. The Labute approximate surface area is 192 Å². The molecule has 0 saturated carbocycles. The van der Waals surface area contributed by atoms with E-state index in [1.165, 1.54) is 4.88 Å². The summed E-state index contributed by atoms with van der Waals surface area (Å²) in [5.74, 6) is -0.228. The first kappa shape index (κ1) is 21.6. The van der Waals surface area contributed by atoms with E-state index in [4.69, 9.17) is 14.7 Å². The Morgan fingerprint density at radius 2 is 2.15 bits per heavy atom. The van der Waals surface area contributed by atoms with E-state index in [0.29, 0.717) is 22.9 Å². The number of aryl methyl sites for hydroxylation is 1. The first-order chi connectivity index (χ1) is 16.0. The molecular weight excluding hydrogens is 442 g/mol. The first-order valence-corrected chi connectivity index (χ1v) is 11.6. The molecule has 4 aromatic rings. The van der Waals surface area contributed by atoms with Crippen molar-refractivity contribution in [2.45, 2.75) is 19.9 Å². The normalized spacial score (nSPS) is 17.3. The van der Waals surface area contributed by atoms with Crippen LogP contribution in [0.25, 0.3) is 22.3 Å². The van der Waals surface area contributed by atoms with Gasteiger partial charge in [-0.05, 0) is 32.1 Å². The minimum absolute atomic E-state index is 0.228. The number of hydrogen-bond acceptors (Lipinski definition) is 8. The fraction of sp³-hybridized carbons (Fsp3) is 0.364. The average Bonchev–Trinajstić information content (AvgIpc) is 3.51. The highest BCUT2D eigenvalue weighted by atomic mass is 32.1. The summed E-state index contributed by atoms with van der Waals surface area (Å²) in [7, 11) is 0. The molecule has 1 saturated heterocycles. The van der Waals surface area contributed by atoms with Crippen LogP contribution in [0.15, 0.2) is 34.2 Å². The van der Waals surface area contributed by atoms with Gasteiger partial charge in [-0.3, -0.25) is 14.9 Å². The molecule has 0 radical (unpaired) electrons. The maximum atomic E-state index is 11.5. The predicted octanol–water partition coefficient (Wildman–Crippen LogP) is 0.657. The van der Waals surface area contributed by atoms with Gasteiger partial charge in [-0.15, -0.1) is 11.3 Å². The van der Waals surface area contributed by atoms with Crippen LogP contribution in [0.3, 0.4) is 0 Å². The van der Waals surface area contributed by atoms with Crippen LogP contribution in [0, 0.1) is 6.92 Å². The molecule has 1 unspecified atom stereocenters. The maximum absolute atomic E-state index is 11.5. The van der Waals surface area contributed by atoms with E-state index in [0.717, 1.165) is 36.9 Å². The highest BCUT2D eigenvalue weighted by molar-refractivity contribution is 7.15. The van der Waals surface area contributed by atoms with Crippen molar-refractivity contribution in [3.8, 4) is 16.5 Å². The van der Waals surface area contributed by atoms with Gasteiger partial charge in [0.25, 0.3) is 0 Å². The van der Waals surface area contributed by atoms with Crippen LogP contribution in [0.4, 0.5) is 0 Å². The Morgan fingerprint density at radius 1 is 1.33 bits per heavy atom. The summed E-state index contributed by atoms with van der Waals surface area (Å²) in [6.45, 7) is 8.15. The highest BCUT2D eigenvalue weighted by Gasteiger charge is 2.17. The molecule has 5 heterocycles. The minimum Gasteiger partial charge on any atom is -0.493 e. The third-order valence-electron chi connectivity index (χ3n) is 5.69. The Hall–Kier alpha value is -3.28. The number of nitrogens with zero attached hydrogens (tertiary/aromatic N) is 5. The quantitative estimate of drug-likeness (QED) is 0.396. The number of rotatable bonds is 5. The molecule has 0 amide bonds. The summed E-state index contributed by atoms with van der Waals surface area (Å²) < 4.78 is 7.16. The van der Waals surface area contributed by atoms with Crippen molar-refractivity contribution in [1.29, 1.82) is 0 Å². The van der Waals surface area contributed by atoms with Crippen LogP contribution in [-0.4, -0.2) is 73.5 Å². The van der Waals surface area contributed by atoms with E-state index in [9.17, 15) is 9.90 Å². The molecule has 0 aliphatic carbocycles. The molecule has 1 atom stereocenters. The van der Waals surface area contributed by atoms with E-state index in [-0.39, 0.29) is 17.6 Å². The van der Waals surface area contributed by atoms with Gasteiger partial charge in [0.05, 0.1) is 36.5 Å². The van der Waals surface area contributed by atoms with Gasteiger partial charge in [0.2, 0.25) is 5.88 Å². The van der Waals surface area contributed by atoms with E-state index in [1.807, 2.05) is 12.1 Å². The lowest BCUT2D eigenvalue weighted by Gasteiger charge is -2.31. The Kier molecular flexibility index (Phi) is 5.83. The number of morpholine rings is 1. The largest absolute Gasteiger partial charge is 0.493 e. The molecule has 1 fully saturated rings. The molecule has 1 aliphatic heterocycles. The van der Waals surface area contributed by atoms with Crippen LogP contribution in [-0.2, 0) is 4.74 Å². The lowest BCUT2D eigenvalue weighted by Crippen LogP contribution is -2.43. The molecule has 10 nitrogen and oxygen atoms in total. The number of thiophene rings is 1. The van der Waals surface area contributed by atoms with E-state index in [2.05, 4.69) is 39.9 Å². The van der Waals surface area contributed by atoms with Crippen LogP contribution in [0.2, 0.25) is 0 Å². The molecule has 0 aromatic carbocycles. The van der Waals surface area contributed by atoms with Crippen LogP contribution < -0.4 is 16.4 Å². The number of nitrogens with one attached hydrogen (secondary N) is 2. The second-order valence-electron chi connectivity index (χ2n) is 8.07. The second-order valence-corrected chi connectivity index (χ2v) is 9.36. The second kappa shape index (κ2) is 8.93. The highest BCUT2D eigenvalue weighted by Crippen LogP contribution is 2.25. The van der Waals surface area contributed by atoms with Crippen molar-refractivity contribution in [1.82, 2.24) is 29.5 Å². The maximum Gasteiger partial charge on any atom is 0.326 e. The van der Waals surface area contributed by atoms with Gasteiger partial charge in [0, 0.05) is 35.3 Å². The van der Waals surface area contributed by atoms with Gasteiger partial charge in [-0.25, -0.2) is 9.78 Å². The molecule has 0 spiro atoms. The van der Waals surface area contributed by atoms with Crippen molar-refractivity contribution in [3.05, 3.63) is 56.2 Å². The van der Waals surface area contributed by atoms with Crippen LogP contribution in [0.5, 0.6) is 5.88 Å². The summed E-state index contributed by atoms with van der Waals surface area (Å²) in [4.78, 5) is 30.8. The SMILES string of the molecule is Cc1ccc(-c2cc(=NCC(C)N3CCOCC3)n3nc/c(=C/c4[nH]c(=O)[nH]c4O)c3n2)s1. The lowest BCUT2D eigenvalue weighted by molar-refractivity contribution is 0.0219. The number of aromatic amines is 2. The van der Waals surface area contributed by atoms with E-state index >= 15 is 0 Å². The van der Waals surface area contributed by atoms with E-state index in [1.54, 1.807) is 28.1 Å². The predicted molar refractivity (Wildman–Crippen MR) is 125 cm³/mol. The zero-order chi connectivity index (χ0) is 22.9. The van der Waals surface area contributed by atoms with Gasteiger partial charge < -0.3 is 14.8 Å². The first-order valence-electron chi connectivity index (χ1n) is 10.8. The molecule has 0 bridgehead atoms. The van der Waals surface area contributed by atoms with Gasteiger partial charge in [0.15, 0.2) is 11.1 Å². The van der Waals surface area contributed by atoms with Gasteiger partial charge in [0.1, 0.15) is 5.69 Å². The number of aromatic nitrogens is 5. The summed E-state index contributed by atoms with van der Waals surface area (Å²) in [6.07, 6.45) is 3.30. The Balaban J connectivity index is 1.62. The molecule has 5 rings (SSSR count). The Morgan fingerprint density at radius 3 is 2.85 bits per heavy atom. The van der Waals surface area contributed by atoms with Crippen molar-refractivity contribution < 1.29 is 9.84 Å². The van der Waals surface area contributed by atoms with Gasteiger partial charge in [-0.2, -0.15) is 9.61 Å². The van der Waals surface area contributed by atoms with Crippen LogP contribution in [0.1, 0.15) is 17.5 Å². The summed E-state index contributed by atoms with van der Waals surface area (Å²) >= 11 is 1.66. The van der Waals surface area contributed by atoms with Crippen LogP contribution >= 0.6 is 11.3 Å². The molecule has 4 aromatic heterocycles. The molecular formula is C22H25N7O3S. The van der Waals surface area contributed by atoms with Gasteiger partial charge >= 0.3 is 5.69 Å². The lowest BCUT2D eigenvalue weighted by atomic mass is 10.2. The monoisotopic (exact) mass is 467 g/mol. The number of hydrogen-bond donors (Lipinski definition) is 3.